The molecular formula is C20H24N4O. The van der Waals surface area contributed by atoms with Gasteiger partial charge in [-0.15, -0.1) is 0 Å². The number of rotatable bonds is 7. The van der Waals surface area contributed by atoms with Crippen molar-refractivity contribution in [2.75, 3.05) is 31.5 Å². The van der Waals surface area contributed by atoms with E-state index < -0.39 is 0 Å². The molecule has 1 atom stereocenters. The fourth-order valence-electron chi connectivity index (χ4n) is 3.48. The summed E-state index contributed by atoms with van der Waals surface area (Å²) in [5, 5.41) is 3.44. The van der Waals surface area contributed by atoms with Crippen molar-refractivity contribution < 1.29 is 4.42 Å². The molecule has 1 aromatic carbocycles. The zero-order chi connectivity index (χ0) is 16.9. The minimum absolute atomic E-state index is 0.700. The van der Waals surface area contributed by atoms with Crippen LogP contribution in [0, 0.1) is 5.92 Å². The number of nitrogens with zero attached hydrogens (tertiary/aromatic N) is 3. The molecule has 3 heterocycles. The normalized spacial score (nSPS) is 18.0. The van der Waals surface area contributed by atoms with Crippen molar-refractivity contribution in [3.05, 3.63) is 54.6 Å². The van der Waals surface area contributed by atoms with E-state index >= 15 is 0 Å². The molecule has 0 spiro atoms. The number of pyridine rings is 1. The third kappa shape index (κ3) is 4.17. The fourth-order valence-corrected chi connectivity index (χ4v) is 3.48. The quantitative estimate of drug-likeness (QED) is 0.714. The highest BCUT2D eigenvalue weighted by molar-refractivity contribution is 5.72. The second-order valence-corrected chi connectivity index (χ2v) is 6.73. The molecule has 0 aliphatic carbocycles. The molecule has 1 aliphatic rings. The van der Waals surface area contributed by atoms with Gasteiger partial charge in [0.15, 0.2) is 11.5 Å². The number of nitrogens with one attached hydrogen (secondary N) is 1. The Morgan fingerprint density at radius 3 is 2.96 bits per heavy atom. The lowest BCUT2D eigenvalue weighted by molar-refractivity contribution is 0.317. The van der Waals surface area contributed by atoms with Crippen LogP contribution in [0.4, 0.5) is 5.82 Å². The van der Waals surface area contributed by atoms with E-state index in [1.807, 2.05) is 48.7 Å². The third-order valence-corrected chi connectivity index (χ3v) is 4.81. The number of para-hydroxylation sites is 2. The van der Waals surface area contributed by atoms with Gasteiger partial charge in [0, 0.05) is 25.7 Å². The monoisotopic (exact) mass is 336 g/mol. The summed E-state index contributed by atoms with van der Waals surface area (Å²) < 4.78 is 5.79. The molecule has 1 N–H and O–H groups in total. The van der Waals surface area contributed by atoms with Gasteiger partial charge in [-0.3, -0.25) is 0 Å². The Balaban J connectivity index is 1.19. The van der Waals surface area contributed by atoms with Crippen molar-refractivity contribution in [2.24, 2.45) is 5.92 Å². The van der Waals surface area contributed by atoms with Gasteiger partial charge in [0.2, 0.25) is 0 Å². The topological polar surface area (TPSA) is 54.2 Å². The Morgan fingerprint density at radius 2 is 2.08 bits per heavy atom. The van der Waals surface area contributed by atoms with Crippen molar-refractivity contribution >= 4 is 16.9 Å². The standard InChI is InChI=1S/C20H24N4O/c1-2-7-18-17(6-1)23-20(25-18)9-5-12-24-13-10-16(15-24)14-22-19-8-3-4-11-21-19/h1-4,6-8,11,16H,5,9-10,12-15H2,(H,21,22)/t16-/m0/s1. The van der Waals surface area contributed by atoms with E-state index in [4.69, 9.17) is 4.42 Å². The first-order valence-corrected chi connectivity index (χ1v) is 9.08. The summed E-state index contributed by atoms with van der Waals surface area (Å²) in [5.41, 5.74) is 1.85. The first-order valence-electron chi connectivity index (χ1n) is 9.08. The molecule has 1 aliphatic heterocycles. The summed E-state index contributed by atoms with van der Waals surface area (Å²) in [4.78, 5) is 11.4. The lowest BCUT2D eigenvalue weighted by atomic mass is 10.1. The number of aromatic nitrogens is 2. The summed E-state index contributed by atoms with van der Waals surface area (Å²) in [7, 11) is 0. The molecule has 0 amide bonds. The van der Waals surface area contributed by atoms with Gasteiger partial charge in [-0.05, 0) is 56.1 Å². The van der Waals surface area contributed by atoms with Gasteiger partial charge in [0.05, 0.1) is 0 Å². The van der Waals surface area contributed by atoms with E-state index in [2.05, 4.69) is 20.2 Å². The number of aryl methyl sites for hydroxylation is 1. The zero-order valence-corrected chi connectivity index (χ0v) is 14.4. The van der Waals surface area contributed by atoms with E-state index in [1.165, 1.54) is 13.0 Å². The predicted octanol–water partition coefficient (Wildman–Crippen LogP) is 3.59. The smallest absolute Gasteiger partial charge is 0.195 e. The maximum Gasteiger partial charge on any atom is 0.195 e. The van der Waals surface area contributed by atoms with Crippen LogP contribution in [0.2, 0.25) is 0 Å². The van der Waals surface area contributed by atoms with Crippen molar-refractivity contribution in [1.29, 1.82) is 0 Å². The Bertz CT molecular complexity index is 769. The van der Waals surface area contributed by atoms with Gasteiger partial charge in [-0.1, -0.05) is 18.2 Å². The molecule has 1 fully saturated rings. The second kappa shape index (κ2) is 7.66. The molecule has 25 heavy (non-hydrogen) atoms. The van der Waals surface area contributed by atoms with E-state index in [9.17, 15) is 0 Å². The predicted molar refractivity (Wildman–Crippen MR) is 99.6 cm³/mol. The molecule has 0 radical (unpaired) electrons. The molecule has 5 heteroatoms. The van der Waals surface area contributed by atoms with Crippen LogP contribution >= 0.6 is 0 Å². The number of hydrogen-bond donors (Lipinski definition) is 1. The Morgan fingerprint density at radius 1 is 1.16 bits per heavy atom. The molecule has 0 unspecified atom stereocenters. The van der Waals surface area contributed by atoms with Crippen LogP contribution in [0.3, 0.4) is 0 Å². The van der Waals surface area contributed by atoms with Crippen LogP contribution in [-0.2, 0) is 6.42 Å². The highest BCUT2D eigenvalue weighted by Gasteiger charge is 2.22. The Hall–Kier alpha value is -2.40. The summed E-state index contributed by atoms with van der Waals surface area (Å²) in [6, 6.07) is 13.9. The van der Waals surface area contributed by atoms with Crippen LogP contribution in [0.1, 0.15) is 18.7 Å². The largest absolute Gasteiger partial charge is 0.441 e. The van der Waals surface area contributed by atoms with E-state index in [1.54, 1.807) is 0 Å². The molecule has 0 saturated carbocycles. The van der Waals surface area contributed by atoms with Crippen LogP contribution in [0.25, 0.3) is 11.1 Å². The van der Waals surface area contributed by atoms with Crippen LogP contribution in [-0.4, -0.2) is 41.0 Å². The minimum atomic E-state index is 0.700. The highest BCUT2D eigenvalue weighted by atomic mass is 16.3. The fraction of sp³-hybridized carbons (Fsp3) is 0.400. The number of hydrogen-bond acceptors (Lipinski definition) is 5. The number of benzene rings is 1. The van der Waals surface area contributed by atoms with Crippen molar-refractivity contribution in [2.45, 2.75) is 19.3 Å². The van der Waals surface area contributed by atoms with E-state index in [-0.39, 0.29) is 0 Å². The number of oxazole rings is 1. The first kappa shape index (κ1) is 16.1. The maximum atomic E-state index is 5.79. The van der Waals surface area contributed by atoms with Crippen molar-refractivity contribution in [3.8, 4) is 0 Å². The summed E-state index contributed by atoms with van der Waals surface area (Å²) in [5.74, 6) is 2.53. The molecule has 130 valence electrons. The van der Waals surface area contributed by atoms with Crippen molar-refractivity contribution in [1.82, 2.24) is 14.9 Å². The molecule has 4 rings (SSSR count). The molecule has 2 aromatic heterocycles. The molecule has 5 nitrogen and oxygen atoms in total. The summed E-state index contributed by atoms with van der Waals surface area (Å²) in [6.45, 7) is 4.45. The van der Waals surface area contributed by atoms with Crippen molar-refractivity contribution in [3.63, 3.8) is 0 Å². The maximum absolute atomic E-state index is 5.79. The van der Waals surface area contributed by atoms with Crippen LogP contribution in [0.5, 0.6) is 0 Å². The van der Waals surface area contributed by atoms with Gasteiger partial charge < -0.3 is 14.6 Å². The summed E-state index contributed by atoms with van der Waals surface area (Å²) in [6.07, 6.45) is 5.08. The van der Waals surface area contributed by atoms with Gasteiger partial charge in [-0.25, -0.2) is 9.97 Å². The average Bonchev–Trinajstić information content (AvgIpc) is 3.27. The van der Waals surface area contributed by atoms with Gasteiger partial charge in [0.1, 0.15) is 11.3 Å². The van der Waals surface area contributed by atoms with Gasteiger partial charge in [0.25, 0.3) is 0 Å². The van der Waals surface area contributed by atoms with Gasteiger partial charge >= 0.3 is 0 Å². The van der Waals surface area contributed by atoms with Gasteiger partial charge in [-0.2, -0.15) is 0 Å². The SMILES string of the molecule is c1ccc(NC[C@@H]2CCN(CCCc3nc4ccccc4o3)C2)nc1. The Labute approximate surface area is 148 Å². The first-order chi connectivity index (χ1) is 12.4. The van der Waals surface area contributed by atoms with E-state index in [0.29, 0.717) is 5.92 Å². The van der Waals surface area contributed by atoms with E-state index in [0.717, 1.165) is 55.3 Å². The molecule has 1 saturated heterocycles. The third-order valence-electron chi connectivity index (χ3n) is 4.81. The number of anilines is 1. The number of likely N-dealkylation sites (tertiary alicyclic amines) is 1. The number of fused-ring (bicyclic) bond motifs is 1. The molecule has 0 bridgehead atoms. The average molecular weight is 336 g/mol. The minimum Gasteiger partial charge on any atom is -0.441 e. The highest BCUT2D eigenvalue weighted by Crippen LogP contribution is 2.19. The molecular weight excluding hydrogens is 312 g/mol. The van der Waals surface area contributed by atoms with Crippen LogP contribution < -0.4 is 5.32 Å². The second-order valence-electron chi connectivity index (χ2n) is 6.73. The lowest BCUT2D eigenvalue weighted by Crippen LogP contribution is -2.24. The Kier molecular flexibility index (Phi) is 4.93. The van der Waals surface area contributed by atoms with Crippen LogP contribution in [0.15, 0.2) is 53.1 Å². The summed E-state index contributed by atoms with van der Waals surface area (Å²) >= 11 is 0. The lowest BCUT2D eigenvalue weighted by Gasteiger charge is -2.16. The zero-order valence-electron chi connectivity index (χ0n) is 14.4. The molecule has 3 aromatic rings.